The summed E-state index contributed by atoms with van der Waals surface area (Å²) in [6.45, 7) is 11.5. The van der Waals surface area contributed by atoms with Gasteiger partial charge in [0.2, 0.25) is 0 Å². The summed E-state index contributed by atoms with van der Waals surface area (Å²) in [4.78, 5) is 27.7. The minimum atomic E-state index is -0.271. The van der Waals surface area contributed by atoms with Gasteiger partial charge in [0, 0.05) is 62.5 Å². The molecule has 1 saturated heterocycles. The van der Waals surface area contributed by atoms with Crippen molar-refractivity contribution in [1.82, 2.24) is 19.7 Å². The zero-order valence-electron chi connectivity index (χ0n) is 20.8. The van der Waals surface area contributed by atoms with Crippen LogP contribution in [-0.4, -0.2) is 71.9 Å². The average molecular weight is 452 g/mol. The predicted molar refractivity (Wildman–Crippen MR) is 134 cm³/mol. The lowest BCUT2D eigenvalue weighted by Crippen LogP contribution is -2.50. The molecule has 0 N–H and O–H groups in total. The maximum Gasteiger partial charge on any atom is 0.409 e. The molecular weight excluding hydrogens is 414 g/mol. The highest BCUT2D eigenvalue weighted by Gasteiger charge is 2.25. The predicted octanol–water partition coefficient (Wildman–Crippen LogP) is 4.55. The van der Waals surface area contributed by atoms with E-state index in [4.69, 9.17) is 14.7 Å². The third kappa shape index (κ3) is 6.03. The van der Waals surface area contributed by atoms with Crippen LogP contribution in [0.2, 0.25) is 0 Å². The number of amides is 1. The van der Waals surface area contributed by atoms with Gasteiger partial charge in [0.1, 0.15) is 11.7 Å². The lowest BCUT2D eigenvalue weighted by molar-refractivity contribution is 0.106. The third-order valence-corrected chi connectivity index (χ3v) is 6.01. The van der Waals surface area contributed by atoms with Gasteiger partial charge in [0.15, 0.2) is 0 Å². The van der Waals surface area contributed by atoms with Crippen LogP contribution in [0.1, 0.15) is 45.4 Å². The molecule has 7 heteroatoms. The molecule has 0 atom stereocenters. The van der Waals surface area contributed by atoms with Gasteiger partial charge in [-0.3, -0.25) is 4.98 Å². The van der Waals surface area contributed by atoms with Crippen molar-refractivity contribution >= 4 is 17.5 Å². The van der Waals surface area contributed by atoms with Gasteiger partial charge in [0.05, 0.1) is 7.11 Å². The number of allylic oxidation sites excluding steroid dienone is 3. The lowest BCUT2D eigenvalue weighted by Gasteiger charge is -2.36. The van der Waals surface area contributed by atoms with Crippen LogP contribution in [0, 0.1) is 5.92 Å². The first kappa shape index (κ1) is 24.6. The smallest absolute Gasteiger partial charge is 0.409 e. The summed E-state index contributed by atoms with van der Waals surface area (Å²) in [5.74, 6) is 2.34. The molecule has 0 bridgehead atoms. The topological polar surface area (TPSA) is 61.3 Å². The Morgan fingerprint density at radius 1 is 1.24 bits per heavy atom. The van der Waals surface area contributed by atoms with Crippen LogP contribution in [-0.2, 0) is 11.2 Å². The average Bonchev–Trinajstić information content (AvgIpc) is 2.82. The number of hydrogen-bond donors (Lipinski definition) is 0. The summed E-state index contributed by atoms with van der Waals surface area (Å²) in [5, 5.41) is 0. The number of aliphatic imine (C=N–C) groups is 1. The Bertz CT molecular complexity index is 969. The molecule has 2 aliphatic heterocycles. The fourth-order valence-corrected chi connectivity index (χ4v) is 3.99. The quantitative estimate of drug-likeness (QED) is 0.657. The van der Waals surface area contributed by atoms with Crippen LogP contribution in [0.4, 0.5) is 4.79 Å². The molecule has 1 amide bonds. The molecule has 7 nitrogen and oxygen atoms in total. The standard InChI is InChI=1S/C26H37N5O2/c1-7-20(4)18-22(21-9-8-11-27-23(21)17-19(2)3)25-28-24(10-12-29(25)5)30-13-15-31(16-14-30)26(32)33-6/h8-12,18-19H,7,13-17H2,1-6H3/b20-18?,25-22+. The molecule has 0 spiro atoms. The Morgan fingerprint density at radius 2 is 1.97 bits per heavy atom. The van der Waals surface area contributed by atoms with Gasteiger partial charge in [-0.1, -0.05) is 38.5 Å². The summed E-state index contributed by atoms with van der Waals surface area (Å²) in [5.41, 5.74) is 4.62. The second-order valence-electron chi connectivity index (χ2n) is 9.02. The number of rotatable bonds is 5. The van der Waals surface area contributed by atoms with Crippen molar-refractivity contribution in [1.29, 1.82) is 0 Å². The Hall–Kier alpha value is -3.09. The number of aromatic nitrogens is 1. The SMILES string of the molecule is CCC(C)=C/C(=C1/N=C(N2CCN(C(=O)OC)CC2)C=CN1C)c1cccnc1CC(C)C. The Labute approximate surface area is 198 Å². The molecule has 0 radical (unpaired) electrons. The van der Waals surface area contributed by atoms with E-state index in [1.165, 1.54) is 12.7 Å². The molecule has 1 aromatic heterocycles. The summed E-state index contributed by atoms with van der Waals surface area (Å²) in [6.07, 6.45) is 9.86. The van der Waals surface area contributed by atoms with Gasteiger partial charge < -0.3 is 19.4 Å². The van der Waals surface area contributed by atoms with Crippen molar-refractivity contribution < 1.29 is 9.53 Å². The van der Waals surface area contributed by atoms with Crippen LogP contribution in [0.25, 0.3) is 5.57 Å². The van der Waals surface area contributed by atoms with Gasteiger partial charge in [-0.05, 0) is 37.8 Å². The molecule has 3 rings (SSSR count). The van der Waals surface area contributed by atoms with E-state index < -0.39 is 0 Å². The number of pyridine rings is 1. The molecule has 0 aliphatic carbocycles. The van der Waals surface area contributed by atoms with Gasteiger partial charge in [-0.2, -0.15) is 0 Å². The zero-order valence-corrected chi connectivity index (χ0v) is 20.8. The Kier molecular flexibility index (Phi) is 8.31. The van der Waals surface area contributed by atoms with E-state index in [-0.39, 0.29) is 6.09 Å². The molecule has 0 saturated carbocycles. The van der Waals surface area contributed by atoms with Crippen LogP contribution >= 0.6 is 0 Å². The van der Waals surface area contributed by atoms with E-state index in [1.54, 1.807) is 4.90 Å². The Balaban J connectivity index is 2.02. The summed E-state index contributed by atoms with van der Waals surface area (Å²) in [7, 11) is 3.46. The fraction of sp³-hybridized carbons (Fsp3) is 0.500. The second-order valence-corrected chi connectivity index (χ2v) is 9.02. The molecule has 0 aromatic carbocycles. The van der Waals surface area contributed by atoms with Crippen molar-refractivity contribution in [3.63, 3.8) is 0 Å². The van der Waals surface area contributed by atoms with Crippen molar-refractivity contribution in [3.8, 4) is 0 Å². The first-order valence-corrected chi connectivity index (χ1v) is 11.8. The van der Waals surface area contributed by atoms with Crippen LogP contribution in [0.15, 0.2) is 53.1 Å². The number of amidine groups is 1. The number of ether oxygens (including phenoxy) is 1. The van der Waals surface area contributed by atoms with Gasteiger partial charge in [-0.25, -0.2) is 9.79 Å². The van der Waals surface area contributed by atoms with Gasteiger partial charge in [-0.15, -0.1) is 0 Å². The molecule has 178 valence electrons. The highest BCUT2D eigenvalue weighted by atomic mass is 16.5. The van der Waals surface area contributed by atoms with E-state index in [0.717, 1.165) is 54.4 Å². The molecule has 1 fully saturated rings. The highest BCUT2D eigenvalue weighted by Crippen LogP contribution is 2.30. The van der Waals surface area contributed by atoms with Crippen LogP contribution in [0.5, 0.6) is 0 Å². The number of carbonyl (C=O) groups excluding carboxylic acids is 1. The van der Waals surface area contributed by atoms with Gasteiger partial charge >= 0.3 is 6.09 Å². The van der Waals surface area contributed by atoms with E-state index in [1.807, 2.05) is 25.4 Å². The first-order valence-electron chi connectivity index (χ1n) is 11.8. The number of piperazine rings is 1. The third-order valence-electron chi connectivity index (χ3n) is 6.01. The lowest BCUT2D eigenvalue weighted by atomic mass is 9.96. The monoisotopic (exact) mass is 451 g/mol. The van der Waals surface area contributed by atoms with E-state index in [9.17, 15) is 4.79 Å². The minimum Gasteiger partial charge on any atom is -0.453 e. The van der Waals surface area contributed by atoms with E-state index in [2.05, 4.69) is 55.8 Å². The Morgan fingerprint density at radius 3 is 2.61 bits per heavy atom. The van der Waals surface area contributed by atoms with E-state index >= 15 is 0 Å². The summed E-state index contributed by atoms with van der Waals surface area (Å²) >= 11 is 0. The maximum absolute atomic E-state index is 11.8. The van der Waals surface area contributed by atoms with Crippen LogP contribution in [0.3, 0.4) is 0 Å². The first-order chi connectivity index (χ1) is 15.8. The molecule has 0 unspecified atom stereocenters. The van der Waals surface area contributed by atoms with E-state index in [0.29, 0.717) is 19.0 Å². The summed E-state index contributed by atoms with van der Waals surface area (Å²) in [6, 6.07) is 4.16. The molecule has 2 aliphatic rings. The number of hydrogen-bond acceptors (Lipinski definition) is 6. The molecule has 1 aromatic rings. The van der Waals surface area contributed by atoms with Crippen molar-refractivity contribution in [2.45, 2.75) is 40.5 Å². The van der Waals surface area contributed by atoms with Crippen LogP contribution < -0.4 is 0 Å². The van der Waals surface area contributed by atoms with Crippen molar-refractivity contribution in [3.05, 3.63) is 59.3 Å². The zero-order chi connectivity index (χ0) is 24.0. The number of carbonyl (C=O) groups is 1. The molecule has 3 heterocycles. The number of nitrogens with zero attached hydrogens (tertiary/aromatic N) is 5. The van der Waals surface area contributed by atoms with Gasteiger partial charge in [0.25, 0.3) is 0 Å². The normalized spacial score (nSPS) is 18.6. The summed E-state index contributed by atoms with van der Waals surface area (Å²) < 4.78 is 4.87. The second kappa shape index (κ2) is 11.2. The minimum absolute atomic E-state index is 0.271. The largest absolute Gasteiger partial charge is 0.453 e. The molecule has 33 heavy (non-hydrogen) atoms. The number of methoxy groups -OCH3 is 1. The van der Waals surface area contributed by atoms with Crippen molar-refractivity contribution in [2.24, 2.45) is 10.9 Å². The highest BCUT2D eigenvalue weighted by molar-refractivity contribution is 5.96. The fourth-order valence-electron chi connectivity index (χ4n) is 3.99. The maximum atomic E-state index is 11.8. The van der Waals surface area contributed by atoms with Crippen molar-refractivity contribution in [2.75, 3.05) is 40.3 Å². The molecular formula is C26H37N5O2.